The molecule has 1 saturated heterocycles. The molecule has 0 bridgehead atoms. The number of benzene rings is 1. The quantitative estimate of drug-likeness (QED) is 0.738. The molecule has 1 aromatic rings. The highest BCUT2D eigenvalue weighted by molar-refractivity contribution is 7.99. The Morgan fingerprint density at radius 3 is 2.13 bits per heavy atom. The van der Waals surface area contributed by atoms with Crippen molar-refractivity contribution in [2.75, 3.05) is 38.2 Å². The first kappa shape index (κ1) is 18.0. The number of Topliss-reactive ketones (excluding diaryl/α,β-unsaturated/α-hetero) is 1. The number of carbonyl (C=O) groups is 2. The number of carbonyl (C=O) groups excluding carboxylic acids is 2. The topological polar surface area (TPSA) is 74.8 Å². The Bertz CT molecular complexity index is 678. The Kier molecular flexibility index (Phi) is 5.83. The van der Waals surface area contributed by atoms with E-state index in [-0.39, 0.29) is 29.7 Å². The molecule has 0 atom stereocenters. The summed E-state index contributed by atoms with van der Waals surface area (Å²) in [5.41, 5.74) is 0.483. The molecule has 0 N–H and O–H groups in total. The molecule has 0 spiro atoms. The molecule has 1 heterocycles. The van der Waals surface area contributed by atoms with Crippen LogP contribution in [0.5, 0.6) is 0 Å². The number of nitrogens with zero attached hydrogens (tertiary/aromatic N) is 2. The molecule has 0 radical (unpaired) electrons. The van der Waals surface area contributed by atoms with Crippen LogP contribution in [0.15, 0.2) is 29.2 Å². The lowest BCUT2D eigenvalue weighted by atomic mass is 10.2. The summed E-state index contributed by atoms with van der Waals surface area (Å²) in [7, 11) is -3.59. The van der Waals surface area contributed by atoms with Gasteiger partial charge >= 0.3 is 0 Å². The first-order valence-electron chi connectivity index (χ1n) is 7.24. The van der Waals surface area contributed by atoms with Crippen molar-refractivity contribution in [3.8, 4) is 0 Å². The zero-order valence-electron chi connectivity index (χ0n) is 13.2. The Morgan fingerprint density at radius 2 is 1.65 bits per heavy atom. The van der Waals surface area contributed by atoms with E-state index in [1.54, 1.807) is 4.90 Å². The van der Waals surface area contributed by atoms with E-state index in [0.717, 1.165) is 0 Å². The highest BCUT2D eigenvalue weighted by Crippen LogP contribution is 2.18. The molecule has 0 unspecified atom stereocenters. The Labute approximate surface area is 140 Å². The van der Waals surface area contributed by atoms with Gasteiger partial charge in [0.25, 0.3) is 0 Å². The number of piperazine rings is 1. The Morgan fingerprint density at radius 1 is 1.09 bits per heavy atom. The lowest BCUT2D eigenvalue weighted by Crippen LogP contribution is -2.50. The first-order valence-corrected chi connectivity index (χ1v) is 10.1. The molecule has 0 aliphatic carbocycles. The maximum absolute atomic E-state index is 12.6. The average molecular weight is 356 g/mol. The fourth-order valence-electron chi connectivity index (χ4n) is 2.40. The third-order valence-corrected chi connectivity index (χ3v) is 6.21. The van der Waals surface area contributed by atoms with Crippen molar-refractivity contribution in [2.45, 2.75) is 11.8 Å². The molecular formula is C15H20N2O4S2. The van der Waals surface area contributed by atoms with Gasteiger partial charge in [0.2, 0.25) is 15.9 Å². The largest absolute Gasteiger partial charge is 0.339 e. The van der Waals surface area contributed by atoms with E-state index in [1.807, 2.05) is 6.26 Å². The van der Waals surface area contributed by atoms with Gasteiger partial charge in [0, 0.05) is 31.7 Å². The molecule has 8 heteroatoms. The molecule has 1 aliphatic heterocycles. The smallest absolute Gasteiger partial charge is 0.243 e. The van der Waals surface area contributed by atoms with Crippen LogP contribution in [0.2, 0.25) is 0 Å². The van der Waals surface area contributed by atoms with E-state index < -0.39 is 10.0 Å². The van der Waals surface area contributed by atoms with Gasteiger partial charge in [-0.1, -0.05) is 12.1 Å². The molecule has 1 aliphatic rings. The van der Waals surface area contributed by atoms with Gasteiger partial charge in [-0.2, -0.15) is 16.1 Å². The van der Waals surface area contributed by atoms with E-state index in [9.17, 15) is 18.0 Å². The van der Waals surface area contributed by atoms with Crippen molar-refractivity contribution < 1.29 is 18.0 Å². The fourth-order valence-corrected chi connectivity index (χ4v) is 4.26. The van der Waals surface area contributed by atoms with Crippen molar-refractivity contribution in [3.63, 3.8) is 0 Å². The van der Waals surface area contributed by atoms with Gasteiger partial charge in [-0.05, 0) is 25.3 Å². The van der Waals surface area contributed by atoms with Gasteiger partial charge in [0.05, 0.1) is 10.6 Å². The van der Waals surface area contributed by atoms with Gasteiger partial charge < -0.3 is 4.90 Å². The Hall–Kier alpha value is -1.38. The second kappa shape index (κ2) is 7.46. The number of thioether (sulfide) groups is 1. The summed E-state index contributed by atoms with van der Waals surface area (Å²) in [5.74, 6) is 0.356. The second-order valence-electron chi connectivity index (χ2n) is 5.30. The SMILES string of the molecule is CSCC(=O)N1CCN(S(=O)(=O)c2ccc(C(C)=O)cc2)CC1. The van der Waals surface area contributed by atoms with Gasteiger partial charge in [0.1, 0.15) is 0 Å². The van der Waals surface area contributed by atoms with Crippen LogP contribution in [0.25, 0.3) is 0 Å². The molecule has 23 heavy (non-hydrogen) atoms. The highest BCUT2D eigenvalue weighted by Gasteiger charge is 2.29. The Balaban J connectivity index is 2.07. The maximum atomic E-state index is 12.6. The van der Waals surface area contributed by atoms with Crippen LogP contribution in [0.1, 0.15) is 17.3 Å². The van der Waals surface area contributed by atoms with Crippen molar-refractivity contribution in [1.29, 1.82) is 0 Å². The van der Waals surface area contributed by atoms with Gasteiger partial charge in [-0.3, -0.25) is 9.59 Å². The molecule has 0 saturated carbocycles. The zero-order valence-corrected chi connectivity index (χ0v) is 14.8. The van der Waals surface area contributed by atoms with Crippen LogP contribution in [-0.4, -0.2) is 67.5 Å². The first-order chi connectivity index (χ1) is 10.9. The predicted molar refractivity (Wildman–Crippen MR) is 90.2 cm³/mol. The van der Waals surface area contributed by atoms with Crippen LogP contribution < -0.4 is 0 Å². The molecular weight excluding hydrogens is 336 g/mol. The third kappa shape index (κ3) is 4.13. The summed E-state index contributed by atoms with van der Waals surface area (Å²) >= 11 is 1.46. The minimum atomic E-state index is -3.59. The van der Waals surface area contributed by atoms with Gasteiger partial charge in [-0.15, -0.1) is 0 Å². The van der Waals surface area contributed by atoms with Crippen LogP contribution >= 0.6 is 11.8 Å². The van der Waals surface area contributed by atoms with E-state index in [1.165, 1.54) is 47.3 Å². The highest BCUT2D eigenvalue weighted by atomic mass is 32.2. The normalized spacial score (nSPS) is 16.3. The van der Waals surface area contributed by atoms with Crippen LogP contribution in [-0.2, 0) is 14.8 Å². The number of ketones is 1. The number of sulfonamides is 1. The van der Waals surface area contributed by atoms with Gasteiger partial charge in [0.15, 0.2) is 5.78 Å². The molecule has 0 aromatic heterocycles. The summed E-state index contributed by atoms with van der Waals surface area (Å²) in [5, 5.41) is 0. The summed E-state index contributed by atoms with van der Waals surface area (Å²) < 4.78 is 26.6. The maximum Gasteiger partial charge on any atom is 0.243 e. The summed E-state index contributed by atoms with van der Waals surface area (Å²) in [6.07, 6.45) is 1.86. The van der Waals surface area contributed by atoms with E-state index in [2.05, 4.69) is 0 Å². The minimum absolute atomic E-state index is 0.0420. The van der Waals surface area contributed by atoms with Crippen molar-refractivity contribution in [1.82, 2.24) is 9.21 Å². The summed E-state index contributed by atoms with van der Waals surface area (Å²) in [6.45, 7) is 2.83. The van der Waals surface area contributed by atoms with E-state index >= 15 is 0 Å². The predicted octanol–water partition coefficient (Wildman–Crippen LogP) is 1.09. The number of hydrogen-bond acceptors (Lipinski definition) is 5. The molecule has 2 rings (SSSR count). The summed E-state index contributed by atoms with van der Waals surface area (Å²) in [6, 6.07) is 5.95. The second-order valence-corrected chi connectivity index (χ2v) is 8.10. The number of hydrogen-bond donors (Lipinski definition) is 0. The molecule has 1 amide bonds. The monoisotopic (exact) mass is 356 g/mol. The lowest BCUT2D eigenvalue weighted by molar-refractivity contribution is -0.129. The van der Waals surface area contributed by atoms with Gasteiger partial charge in [-0.25, -0.2) is 8.42 Å². The lowest BCUT2D eigenvalue weighted by Gasteiger charge is -2.34. The number of amides is 1. The van der Waals surface area contributed by atoms with E-state index in [0.29, 0.717) is 24.4 Å². The molecule has 1 aromatic carbocycles. The molecule has 6 nitrogen and oxygen atoms in total. The zero-order chi connectivity index (χ0) is 17.0. The van der Waals surface area contributed by atoms with Crippen LogP contribution in [0.4, 0.5) is 0 Å². The van der Waals surface area contributed by atoms with Crippen molar-refractivity contribution in [3.05, 3.63) is 29.8 Å². The van der Waals surface area contributed by atoms with Crippen molar-refractivity contribution in [2.24, 2.45) is 0 Å². The van der Waals surface area contributed by atoms with E-state index in [4.69, 9.17) is 0 Å². The van der Waals surface area contributed by atoms with Crippen LogP contribution in [0.3, 0.4) is 0 Å². The standard InChI is InChI=1S/C15H20N2O4S2/c1-12(18)13-3-5-14(6-4-13)23(20,21)17-9-7-16(8-10-17)15(19)11-22-2/h3-6H,7-11H2,1-2H3. The van der Waals surface area contributed by atoms with Crippen molar-refractivity contribution >= 4 is 33.5 Å². The number of rotatable bonds is 5. The molecule has 1 fully saturated rings. The minimum Gasteiger partial charge on any atom is -0.339 e. The fraction of sp³-hybridized carbons (Fsp3) is 0.467. The third-order valence-electron chi connectivity index (χ3n) is 3.76. The van der Waals surface area contributed by atoms with Crippen LogP contribution in [0, 0.1) is 0 Å². The average Bonchev–Trinajstić information content (AvgIpc) is 2.55. The summed E-state index contributed by atoms with van der Waals surface area (Å²) in [4.78, 5) is 25.0. The molecule has 126 valence electrons.